The molecule has 2 rings (SSSR count). The molecule has 2 aromatic carbocycles. The summed E-state index contributed by atoms with van der Waals surface area (Å²) in [5, 5.41) is 12.6. The van der Waals surface area contributed by atoms with Crippen molar-refractivity contribution in [1.29, 1.82) is 0 Å². The fourth-order valence-electron chi connectivity index (χ4n) is 2.74. The zero-order chi connectivity index (χ0) is 20.0. The van der Waals surface area contributed by atoms with Crippen LogP contribution in [-0.2, 0) is 21.0 Å². The summed E-state index contributed by atoms with van der Waals surface area (Å²) in [4.78, 5) is 12.4. The molecule has 7 heteroatoms. The van der Waals surface area contributed by atoms with E-state index in [-0.39, 0.29) is 23.2 Å². The Morgan fingerprint density at radius 3 is 2.26 bits per heavy atom. The molecule has 0 saturated carbocycles. The van der Waals surface area contributed by atoms with E-state index in [0.717, 1.165) is 16.7 Å². The predicted molar refractivity (Wildman–Crippen MR) is 104 cm³/mol. The van der Waals surface area contributed by atoms with Gasteiger partial charge < -0.3 is 15.2 Å². The Bertz CT molecular complexity index is 881. The average Bonchev–Trinajstić information content (AvgIpc) is 2.64. The van der Waals surface area contributed by atoms with Crippen molar-refractivity contribution in [2.45, 2.75) is 25.2 Å². The largest absolute Gasteiger partial charge is 0.507 e. The van der Waals surface area contributed by atoms with Crippen LogP contribution >= 0.6 is 0 Å². The van der Waals surface area contributed by atoms with Crippen molar-refractivity contribution in [3.63, 3.8) is 0 Å². The molecule has 0 heterocycles. The number of aromatic hydroxyl groups is 1. The molecule has 0 aliphatic carbocycles. The van der Waals surface area contributed by atoms with Gasteiger partial charge in [-0.3, -0.25) is 4.79 Å². The lowest BCUT2D eigenvalue weighted by Crippen LogP contribution is -2.25. The first-order valence-electron chi connectivity index (χ1n) is 8.63. The van der Waals surface area contributed by atoms with Crippen LogP contribution in [0.25, 0.3) is 0 Å². The van der Waals surface area contributed by atoms with E-state index in [1.807, 2.05) is 26.0 Å². The Balaban J connectivity index is 1.95. The number of sulfone groups is 1. The number of hydrogen-bond donors (Lipinski definition) is 2. The fourth-order valence-corrected chi connectivity index (χ4v) is 3.91. The Hall–Kier alpha value is -2.38. The summed E-state index contributed by atoms with van der Waals surface area (Å²) in [5.41, 5.74) is 3.05. The number of amides is 1. The van der Waals surface area contributed by atoms with Crippen LogP contribution in [0.5, 0.6) is 5.75 Å². The standard InChI is InChI=1S/C20H25NO5S/c1-14-12-16(13-15(2)19(14)22)8-9-21-20(23)17-4-6-18(7-5-17)27(24,25)11-10-26-3/h4-7,12-13,22H,8-11H2,1-3H3,(H,21,23). The van der Waals surface area contributed by atoms with Gasteiger partial charge in [0.25, 0.3) is 5.91 Å². The highest BCUT2D eigenvalue weighted by Gasteiger charge is 2.15. The van der Waals surface area contributed by atoms with E-state index in [2.05, 4.69) is 5.32 Å². The molecule has 1 amide bonds. The molecule has 2 aromatic rings. The molecule has 27 heavy (non-hydrogen) atoms. The summed E-state index contributed by atoms with van der Waals surface area (Å²) in [6.45, 7) is 4.25. The van der Waals surface area contributed by atoms with Gasteiger partial charge in [0, 0.05) is 19.2 Å². The van der Waals surface area contributed by atoms with Crippen LogP contribution in [0.3, 0.4) is 0 Å². The van der Waals surface area contributed by atoms with Gasteiger partial charge in [-0.15, -0.1) is 0 Å². The van der Waals surface area contributed by atoms with Gasteiger partial charge in [-0.25, -0.2) is 8.42 Å². The molecule has 6 nitrogen and oxygen atoms in total. The number of ether oxygens (including phenoxy) is 1. The van der Waals surface area contributed by atoms with E-state index >= 15 is 0 Å². The molecule has 0 aromatic heterocycles. The van der Waals surface area contributed by atoms with Crippen molar-refractivity contribution < 1.29 is 23.1 Å². The Labute approximate surface area is 160 Å². The molecule has 0 fully saturated rings. The predicted octanol–water partition coefficient (Wildman–Crippen LogP) is 2.40. The Morgan fingerprint density at radius 1 is 1.11 bits per heavy atom. The topological polar surface area (TPSA) is 92.7 Å². The fraction of sp³-hybridized carbons (Fsp3) is 0.350. The zero-order valence-electron chi connectivity index (χ0n) is 15.8. The molecule has 0 saturated heterocycles. The lowest BCUT2D eigenvalue weighted by molar-refractivity contribution is 0.0954. The van der Waals surface area contributed by atoms with Crippen molar-refractivity contribution in [3.8, 4) is 5.75 Å². The molecule has 0 unspecified atom stereocenters. The second kappa shape index (κ2) is 9.01. The average molecular weight is 391 g/mol. The number of rotatable bonds is 8. The van der Waals surface area contributed by atoms with Gasteiger partial charge in [0.2, 0.25) is 0 Å². The van der Waals surface area contributed by atoms with E-state index in [4.69, 9.17) is 4.74 Å². The van der Waals surface area contributed by atoms with E-state index in [1.165, 1.54) is 31.4 Å². The molecular formula is C20H25NO5S. The number of aryl methyl sites for hydroxylation is 2. The number of methoxy groups -OCH3 is 1. The second-order valence-electron chi connectivity index (χ2n) is 6.42. The van der Waals surface area contributed by atoms with E-state index in [9.17, 15) is 18.3 Å². The van der Waals surface area contributed by atoms with Crippen molar-refractivity contribution in [3.05, 3.63) is 58.7 Å². The molecule has 0 spiro atoms. The number of phenols is 1. The molecule has 0 atom stereocenters. The van der Waals surface area contributed by atoms with Crippen LogP contribution < -0.4 is 5.32 Å². The zero-order valence-corrected chi connectivity index (χ0v) is 16.6. The summed E-state index contributed by atoms with van der Waals surface area (Å²) in [7, 11) is -1.96. The highest BCUT2D eigenvalue weighted by molar-refractivity contribution is 7.91. The van der Waals surface area contributed by atoms with Crippen molar-refractivity contribution in [2.24, 2.45) is 0 Å². The summed E-state index contributed by atoms with van der Waals surface area (Å²) in [5.74, 6) is -0.0630. The Morgan fingerprint density at radius 2 is 1.70 bits per heavy atom. The molecule has 146 valence electrons. The highest BCUT2D eigenvalue weighted by atomic mass is 32.2. The van der Waals surface area contributed by atoms with E-state index in [0.29, 0.717) is 24.3 Å². The van der Waals surface area contributed by atoms with Crippen LogP contribution in [-0.4, -0.2) is 45.4 Å². The summed E-state index contributed by atoms with van der Waals surface area (Å²) >= 11 is 0. The summed E-state index contributed by atoms with van der Waals surface area (Å²) in [6, 6.07) is 9.68. The van der Waals surface area contributed by atoms with Crippen LogP contribution in [0.2, 0.25) is 0 Å². The molecular weight excluding hydrogens is 366 g/mol. The maximum Gasteiger partial charge on any atom is 0.251 e. The highest BCUT2D eigenvalue weighted by Crippen LogP contribution is 2.23. The Kier molecular flexibility index (Phi) is 6.98. The lowest BCUT2D eigenvalue weighted by Gasteiger charge is -2.09. The van der Waals surface area contributed by atoms with Gasteiger partial charge in [-0.05, 0) is 61.2 Å². The van der Waals surface area contributed by atoms with E-state index in [1.54, 1.807) is 0 Å². The summed E-state index contributed by atoms with van der Waals surface area (Å²) in [6.07, 6.45) is 0.636. The third-order valence-electron chi connectivity index (χ3n) is 4.28. The van der Waals surface area contributed by atoms with Crippen molar-refractivity contribution in [1.82, 2.24) is 5.32 Å². The molecule has 0 radical (unpaired) electrons. The van der Waals surface area contributed by atoms with Gasteiger partial charge in [0.15, 0.2) is 9.84 Å². The quantitative estimate of drug-likeness (QED) is 0.721. The minimum absolute atomic E-state index is 0.0967. The molecule has 2 N–H and O–H groups in total. The number of benzene rings is 2. The first-order valence-corrected chi connectivity index (χ1v) is 10.3. The van der Waals surface area contributed by atoms with Crippen LogP contribution in [0, 0.1) is 13.8 Å². The molecule has 0 aliphatic rings. The number of carbonyl (C=O) groups excluding carboxylic acids is 1. The number of phenolic OH excluding ortho intramolecular Hbond substituents is 1. The van der Waals surface area contributed by atoms with Crippen molar-refractivity contribution >= 4 is 15.7 Å². The smallest absolute Gasteiger partial charge is 0.251 e. The normalized spacial score (nSPS) is 11.4. The van der Waals surface area contributed by atoms with Crippen molar-refractivity contribution in [2.75, 3.05) is 26.0 Å². The SMILES string of the molecule is COCCS(=O)(=O)c1ccc(C(=O)NCCc2cc(C)c(O)c(C)c2)cc1. The lowest BCUT2D eigenvalue weighted by atomic mass is 10.0. The van der Waals surface area contributed by atoms with E-state index < -0.39 is 9.84 Å². The van der Waals surface area contributed by atoms with Gasteiger partial charge in [-0.2, -0.15) is 0 Å². The van der Waals surface area contributed by atoms with Crippen LogP contribution in [0.4, 0.5) is 0 Å². The molecule has 0 bridgehead atoms. The van der Waals surface area contributed by atoms with Crippen LogP contribution in [0.1, 0.15) is 27.0 Å². The first-order chi connectivity index (χ1) is 12.7. The van der Waals surface area contributed by atoms with Crippen LogP contribution in [0.15, 0.2) is 41.3 Å². The van der Waals surface area contributed by atoms with Gasteiger partial charge in [0.1, 0.15) is 5.75 Å². The minimum Gasteiger partial charge on any atom is -0.507 e. The number of nitrogens with one attached hydrogen (secondary N) is 1. The number of hydrogen-bond acceptors (Lipinski definition) is 5. The van der Waals surface area contributed by atoms with Gasteiger partial charge in [0.05, 0.1) is 17.3 Å². The monoisotopic (exact) mass is 391 g/mol. The third kappa shape index (κ3) is 5.55. The maximum absolute atomic E-state index is 12.2. The first kappa shape index (κ1) is 20.9. The summed E-state index contributed by atoms with van der Waals surface area (Å²) < 4.78 is 29.0. The maximum atomic E-state index is 12.2. The second-order valence-corrected chi connectivity index (χ2v) is 8.53. The van der Waals surface area contributed by atoms with Gasteiger partial charge in [-0.1, -0.05) is 12.1 Å². The number of carbonyl (C=O) groups is 1. The molecule has 0 aliphatic heterocycles. The minimum atomic E-state index is -3.41. The van der Waals surface area contributed by atoms with Gasteiger partial charge >= 0.3 is 0 Å². The third-order valence-corrected chi connectivity index (χ3v) is 5.98.